The predicted molar refractivity (Wildman–Crippen MR) is 68.0 cm³/mol. The number of hydrogen-bond acceptors (Lipinski definition) is 2. The summed E-state index contributed by atoms with van der Waals surface area (Å²) in [7, 11) is 0. The first-order valence-electron chi connectivity index (χ1n) is 6.38. The summed E-state index contributed by atoms with van der Waals surface area (Å²) < 4.78 is 13.8. The second-order valence-corrected chi connectivity index (χ2v) is 5.09. The Morgan fingerprint density at radius 3 is 2.65 bits per heavy atom. The van der Waals surface area contributed by atoms with Crippen LogP contribution in [0.2, 0.25) is 0 Å². The van der Waals surface area contributed by atoms with Crippen molar-refractivity contribution in [1.29, 1.82) is 0 Å². The van der Waals surface area contributed by atoms with E-state index < -0.39 is 0 Å². The van der Waals surface area contributed by atoms with Crippen molar-refractivity contribution in [1.82, 2.24) is 4.90 Å². The van der Waals surface area contributed by atoms with Gasteiger partial charge < -0.3 is 5.73 Å². The van der Waals surface area contributed by atoms with Crippen LogP contribution in [0.5, 0.6) is 0 Å². The molecular weight excluding hydrogens is 215 g/mol. The maximum Gasteiger partial charge on any atom is 0.128 e. The SMILES string of the molecule is CC1CCN(Cc2ccc(CN)cc2F)CC1. The molecule has 0 saturated carbocycles. The van der Waals surface area contributed by atoms with E-state index in [-0.39, 0.29) is 5.82 Å². The zero-order valence-electron chi connectivity index (χ0n) is 10.5. The molecule has 3 heteroatoms. The average molecular weight is 236 g/mol. The van der Waals surface area contributed by atoms with Crippen molar-refractivity contribution in [2.24, 2.45) is 11.7 Å². The summed E-state index contributed by atoms with van der Waals surface area (Å²) in [6.45, 7) is 5.58. The number of halogens is 1. The van der Waals surface area contributed by atoms with Crippen LogP contribution in [0.4, 0.5) is 4.39 Å². The first kappa shape index (κ1) is 12.5. The van der Waals surface area contributed by atoms with Crippen LogP contribution in [0.1, 0.15) is 30.9 Å². The topological polar surface area (TPSA) is 29.3 Å². The summed E-state index contributed by atoms with van der Waals surface area (Å²) in [5.74, 6) is 0.697. The van der Waals surface area contributed by atoms with Gasteiger partial charge in [0.15, 0.2) is 0 Å². The Morgan fingerprint density at radius 1 is 1.35 bits per heavy atom. The number of nitrogens with two attached hydrogens (primary N) is 1. The lowest BCUT2D eigenvalue weighted by Gasteiger charge is -2.30. The van der Waals surface area contributed by atoms with Gasteiger partial charge in [0.2, 0.25) is 0 Å². The van der Waals surface area contributed by atoms with Crippen molar-refractivity contribution in [3.05, 3.63) is 35.1 Å². The van der Waals surface area contributed by atoms with Crippen molar-refractivity contribution < 1.29 is 4.39 Å². The van der Waals surface area contributed by atoms with Crippen molar-refractivity contribution in [2.75, 3.05) is 13.1 Å². The maximum absolute atomic E-state index is 13.8. The third-order valence-corrected chi connectivity index (χ3v) is 3.62. The second-order valence-electron chi connectivity index (χ2n) is 5.09. The molecule has 0 aliphatic carbocycles. The molecule has 0 aromatic heterocycles. The van der Waals surface area contributed by atoms with Crippen LogP contribution >= 0.6 is 0 Å². The average Bonchev–Trinajstić information content (AvgIpc) is 2.34. The highest BCUT2D eigenvalue weighted by Gasteiger charge is 2.16. The van der Waals surface area contributed by atoms with Gasteiger partial charge in [-0.15, -0.1) is 0 Å². The van der Waals surface area contributed by atoms with Crippen LogP contribution in [-0.2, 0) is 13.1 Å². The quantitative estimate of drug-likeness (QED) is 0.873. The summed E-state index contributed by atoms with van der Waals surface area (Å²) in [5, 5.41) is 0. The summed E-state index contributed by atoms with van der Waals surface area (Å²) >= 11 is 0. The first-order valence-corrected chi connectivity index (χ1v) is 6.38. The van der Waals surface area contributed by atoms with E-state index in [1.807, 2.05) is 12.1 Å². The molecule has 0 amide bonds. The van der Waals surface area contributed by atoms with Gasteiger partial charge in [0.05, 0.1) is 0 Å². The van der Waals surface area contributed by atoms with Crippen molar-refractivity contribution in [3.63, 3.8) is 0 Å². The second kappa shape index (κ2) is 5.61. The Kier molecular flexibility index (Phi) is 4.13. The summed E-state index contributed by atoms with van der Waals surface area (Å²) in [4.78, 5) is 2.33. The molecule has 1 saturated heterocycles. The van der Waals surface area contributed by atoms with E-state index in [1.54, 1.807) is 6.07 Å². The summed E-state index contributed by atoms with van der Waals surface area (Å²) in [6, 6.07) is 5.35. The molecule has 1 aromatic rings. The molecule has 2 nitrogen and oxygen atoms in total. The molecule has 17 heavy (non-hydrogen) atoms. The molecule has 0 unspecified atom stereocenters. The standard InChI is InChI=1S/C14H21FN2/c1-11-4-6-17(7-5-11)10-13-3-2-12(9-16)8-14(13)15/h2-3,8,11H,4-7,9-10,16H2,1H3. The maximum atomic E-state index is 13.8. The van der Waals surface area contributed by atoms with Gasteiger partial charge in [-0.2, -0.15) is 0 Å². The van der Waals surface area contributed by atoms with Crippen LogP contribution in [-0.4, -0.2) is 18.0 Å². The van der Waals surface area contributed by atoms with Crippen LogP contribution < -0.4 is 5.73 Å². The van der Waals surface area contributed by atoms with E-state index >= 15 is 0 Å². The molecular formula is C14H21FN2. The van der Waals surface area contributed by atoms with Crippen LogP contribution in [0.25, 0.3) is 0 Å². The fourth-order valence-corrected chi connectivity index (χ4v) is 2.31. The Bertz CT molecular complexity index is 370. The van der Waals surface area contributed by atoms with Crippen molar-refractivity contribution in [2.45, 2.75) is 32.9 Å². The molecule has 0 spiro atoms. The molecule has 1 aromatic carbocycles. The lowest BCUT2D eigenvalue weighted by Crippen LogP contribution is -2.32. The minimum Gasteiger partial charge on any atom is -0.326 e. The van der Waals surface area contributed by atoms with E-state index in [0.29, 0.717) is 6.54 Å². The van der Waals surface area contributed by atoms with Crippen LogP contribution in [0.15, 0.2) is 18.2 Å². The normalized spacial score (nSPS) is 18.5. The number of rotatable bonds is 3. The molecule has 0 bridgehead atoms. The smallest absolute Gasteiger partial charge is 0.128 e. The first-order chi connectivity index (χ1) is 8.19. The number of nitrogens with zero attached hydrogens (tertiary/aromatic N) is 1. The van der Waals surface area contributed by atoms with Crippen molar-refractivity contribution >= 4 is 0 Å². The van der Waals surface area contributed by atoms with Gasteiger partial charge in [-0.3, -0.25) is 4.90 Å². The van der Waals surface area contributed by atoms with E-state index in [4.69, 9.17) is 5.73 Å². The monoisotopic (exact) mass is 236 g/mol. The zero-order valence-corrected chi connectivity index (χ0v) is 10.5. The van der Waals surface area contributed by atoms with Crippen LogP contribution in [0, 0.1) is 11.7 Å². The molecule has 0 atom stereocenters. The molecule has 1 fully saturated rings. The van der Waals surface area contributed by atoms with Crippen molar-refractivity contribution in [3.8, 4) is 0 Å². The molecule has 2 N–H and O–H groups in total. The fourth-order valence-electron chi connectivity index (χ4n) is 2.31. The van der Waals surface area contributed by atoms with Gasteiger partial charge in [-0.1, -0.05) is 19.1 Å². The largest absolute Gasteiger partial charge is 0.326 e. The molecule has 1 heterocycles. The highest BCUT2D eigenvalue weighted by molar-refractivity contribution is 5.24. The number of benzene rings is 1. The summed E-state index contributed by atoms with van der Waals surface area (Å²) in [6.07, 6.45) is 2.45. The zero-order chi connectivity index (χ0) is 12.3. The highest BCUT2D eigenvalue weighted by atomic mass is 19.1. The Morgan fingerprint density at radius 2 is 2.06 bits per heavy atom. The van der Waals surface area contributed by atoms with Gasteiger partial charge in [0.1, 0.15) is 5.82 Å². The van der Waals surface area contributed by atoms with Gasteiger partial charge in [0, 0.05) is 18.7 Å². The predicted octanol–water partition coefficient (Wildman–Crippen LogP) is 2.52. The molecule has 1 aliphatic rings. The third-order valence-electron chi connectivity index (χ3n) is 3.62. The van der Waals surface area contributed by atoms with E-state index in [2.05, 4.69) is 11.8 Å². The Hall–Kier alpha value is -0.930. The fraction of sp³-hybridized carbons (Fsp3) is 0.571. The highest BCUT2D eigenvalue weighted by Crippen LogP contribution is 2.19. The third kappa shape index (κ3) is 3.27. The van der Waals surface area contributed by atoms with Crippen LogP contribution in [0.3, 0.4) is 0 Å². The number of hydrogen-bond donors (Lipinski definition) is 1. The molecule has 0 radical (unpaired) electrons. The molecule has 1 aliphatic heterocycles. The van der Waals surface area contributed by atoms with Gasteiger partial charge in [-0.25, -0.2) is 4.39 Å². The molecule has 2 rings (SSSR count). The van der Waals surface area contributed by atoms with E-state index in [1.165, 1.54) is 12.8 Å². The number of likely N-dealkylation sites (tertiary alicyclic amines) is 1. The summed E-state index contributed by atoms with van der Waals surface area (Å²) in [5.41, 5.74) is 7.14. The van der Waals surface area contributed by atoms with E-state index in [9.17, 15) is 4.39 Å². The van der Waals surface area contributed by atoms with Gasteiger partial charge >= 0.3 is 0 Å². The minimum absolute atomic E-state index is 0.119. The van der Waals surface area contributed by atoms with Gasteiger partial charge in [-0.05, 0) is 43.5 Å². The number of piperidine rings is 1. The lowest BCUT2D eigenvalue weighted by molar-refractivity contribution is 0.183. The van der Waals surface area contributed by atoms with E-state index in [0.717, 1.165) is 36.7 Å². The minimum atomic E-state index is -0.119. The Labute approximate surface area is 103 Å². The Balaban J connectivity index is 1.99. The van der Waals surface area contributed by atoms with Gasteiger partial charge in [0.25, 0.3) is 0 Å². The molecule has 94 valence electrons. The lowest BCUT2D eigenvalue weighted by atomic mass is 9.98.